The third-order valence-corrected chi connectivity index (χ3v) is 4.74. The molecule has 2 heterocycles. The quantitative estimate of drug-likeness (QED) is 0.871. The van der Waals surface area contributed by atoms with Crippen LogP contribution in [0.3, 0.4) is 0 Å². The van der Waals surface area contributed by atoms with Gasteiger partial charge < -0.3 is 14.8 Å². The van der Waals surface area contributed by atoms with Crippen molar-refractivity contribution in [2.75, 3.05) is 13.7 Å². The monoisotopic (exact) mass is 293 g/mol. The highest BCUT2D eigenvalue weighted by Gasteiger charge is 2.45. The zero-order valence-corrected chi connectivity index (χ0v) is 12.8. The van der Waals surface area contributed by atoms with Crippen LogP contribution in [0.2, 0.25) is 0 Å². The first kappa shape index (κ1) is 14.8. The number of hydrogen-bond donors (Lipinski definition) is 1. The average Bonchev–Trinajstić information content (AvgIpc) is 3.12. The molecule has 1 aromatic rings. The summed E-state index contributed by atoms with van der Waals surface area (Å²) in [5.41, 5.74) is 0.712. The minimum Gasteiger partial charge on any atom is -0.494 e. The third-order valence-electron chi connectivity index (χ3n) is 4.74. The Morgan fingerprint density at radius 1 is 1.43 bits per heavy atom. The lowest BCUT2D eigenvalue weighted by Crippen LogP contribution is -2.34. The molecule has 2 aliphatic rings. The summed E-state index contributed by atoms with van der Waals surface area (Å²) in [5.74, 6) is 0.438. The van der Waals surface area contributed by atoms with Gasteiger partial charge in [0.05, 0.1) is 19.3 Å². The molecule has 1 aromatic carbocycles. The molecule has 1 N–H and O–H groups in total. The molecule has 2 aliphatic heterocycles. The maximum atomic E-state index is 14.6. The van der Waals surface area contributed by atoms with Crippen molar-refractivity contribution >= 4 is 0 Å². The van der Waals surface area contributed by atoms with Crippen LogP contribution in [0.5, 0.6) is 5.75 Å². The van der Waals surface area contributed by atoms with E-state index in [0.717, 1.165) is 32.2 Å². The number of halogens is 1. The Bertz CT molecular complexity index is 494. The van der Waals surface area contributed by atoms with Gasteiger partial charge in [0, 0.05) is 17.5 Å². The Morgan fingerprint density at radius 2 is 2.29 bits per heavy atom. The molecule has 3 rings (SSSR count). The van der Waals surface area contributed by atoms with Gasteiger partial charge in [-0.15, -0.1) is 0 Å². The van der Waals surface area contributed by atoms with Crippen LogP contribution in [-0.2, 0) is 4.74 Å². The molecule has 0 aliphatic carbocycles. The van der Waals surface area contributed by atoms with Gasteiger partial charge in [-0.05, 0) is 38.3 Å². The van der Waals surface area contributed by atoms with Crippen LogP contribution in [0.1, 0.15) is 44.2 Å². The summed E-state index contributed by atoms with van der Waals surface area (Å²) >= 11 is 0. The highest BCUT2D eigenvalue weighted by atomic mass is 19.1. The summed E-state index contributed by atoms with van der Waals surface area (Å²) in [6, 6.07) is 5.42. The molecule has 2 bridgehead atoms. The number of hydrogen-bond acceptors (Lipinski definition) is 3. The van der Waals surface area contributed by atoms with Crippen molar-refractivity contribution in [1.82, 2.24) is 5.32 Å². The predicted octanol–water partition coefficient (Wildman–Crippen LogP) is 3.44. The first-order valence-corrected chi connectivity index (χ1v) is 7.95. The minimum absolute atomic E-state index is 0.00958. The van der Waals surface area contributed by atoms with Crippen molar-refractivity contribution in [1.29, 1.82) is 0 Å². The average molecular weight is 293 g/mol. The maximum Gasteiger partial charge on any atom is 0.169 e. The zero-order valence-electron chi connectivity index (χ0n) is 12.8. The predicted molar refractivity (Wildman–Crippen MR) is 80.0 cm³/mol. The molecule has 0 radical (unpaired) electrons. The van der Waals surface area contributed by atoms with E-state index in [0.29, 0.717) is 23.3 Å². The van der Waals surface area contributed by atoms with E-state index in [4.69, 9.17) is 9.47 Å². The molecule has 0 aromatic heterocycles. The molecule has 4 heteroatoms. The summed E-state index contributed by atoms with van der Waals surface area (Å²) in [6.07, 6.45) is 4.97. The van der Waals surface area contributed by atoms with Crippen molar-refractivity contribution in [2.45, 2.75) is 50.9 Å². The lowest BCUT2D eigenvalue weighted by Gasteiger charge is -2.30. The van der Waals surface area contributed by atoms with Gasteiger partial charge in [-0.1, -0.05) is 19.1 Å². The van der Waals surface area contributed by atoms with Crippen LogP contribution >= 0.6 is 0 Å². The van der Waals surface area contributed by atoms with E-state index in [-0.39, 0.29) is 18.0 Å². The number of ether oxygens (including phenoxy) is 2. The van der Waals surface area contributed by atoms with Crippen molar-refractivity contribution in [3.8, 4) is 5.75 Å². The summed E-state index contributed by atoms with van der Waals surface area (Å²) in [6.45, 7) is 3.01. The lowest BCUT2D eigenvalue weighted by molar-refractivity contribution is 0.0853. The van der Waals surface area contributed by atoms with Crippen LogP contribution in [0, 0.1) is 11.7 Å². The summed E-state index contributed by atoms with van der Waals surface area (Å²) in [5, 5.41) is 3.53. The molecule has 0 saturated carbocycles. The van der Waals surface area contributed by atoms with E-state index in [9.17, 15) is 4.39 Å². The van der Waals surface area contributed by atoms with Crippen molar-refractivity contribution in [3.05, 3.63) is 29.6 Å². The number of rotatable bonds is 6. The second kappa shape index (κ2) is 6.32. The maximum absolute atomic E-state index is 14.6. The topological polar surface area (TPSA) is 30.5 Å². The third kappa shape index (κ3) is 2.79. The molecule has 2 fully saturated rings. The highest BCUT2D eigenvalue weighted by Crippen LogP contribution is 2.45. The molecule has 0 spiro atoms. The van der Waals surface area contributed by atoms with E-state index >= 15 is 0 Å². The molecular weight excluding hydrogens is 269 g/mol. The second-order valence-corrected chi connectivity index (χ2v) is 6.07. The number of nitrogens with one attached hydrogen (secondary N) is 1. The van der Waals surface area contributed by atoms with Crippen molar-refractivity contribution < 1.29 is 13.9 Å². The Labute approximate surface area is 125 Å². The van der Waals surface area contributed by atoms with E-state index in [2.05, 4.69) is 12.2 Å². The van der Waals surface area contributed by atoms with Gasteiger partial charge in [-0.3, -0.25) is 0 Å². The Kier molecular flexibility index (Phi) is 4.45. The van der Waals surface area contributed by atoms with Gasteiger partial charge in [0.25, 0.3) is 0 Å². The van der Waals surface area contributed by atoms with Crippen LogP contribution in [0.15, 0.2) is 18.2 Å². The molecular formula is C17H24FNO2. The molecule has 4 atom stereocenters. The fourth-order valence-electron chi connectivity index (χ4n) is 3.75. The number of benzene rings is 1. The van der Waals surface area contributed by atoms with Crippen LogP contribution in [0.4, 0.5) is 4.39 Å². The zero-order chi connectivity index (χ0) is 14.8. The number of fused-ring (bicyclic) bond motifs is 2. The van der Waals surface area contributed by atoms with Crippen LogP contribution in [0.25, 0.3) is 0 Å². The van der Waals surface area contributed by atoms with Gasteiger partial charge in [-0.25, -0.2) is 4.39 Å². The summed E-state index contributed by atoms with van der Waals surface area (Å²) < 4.78 is 25.7. The molecule has 116 valence electrons. The molecule has 21 heavy (non-hydrogen) atoms. The van der Waals surface area contributed by atoms with Gasteiger partial charge in [0.2, 0.25) is 0 Å². The standard InChI is InChI=1S/C17H24FNO2/c1-3-9-19-17(13-10-11-7-8-14(13)21-11)12-5-4-6-15(20-2)16(12)18/h4-6,11,13-14,17,19H,3,7-10H2,1-2H3. The summed E-state index contributed by atoms with van der Waals surface area (Å²) in [7, 11) is 1.51. The van der Waals surface area contributed by atoms with Crippen molar-refractivity contribution in [3.63, 3.8) is 0 Å². The minimum atomic E-state index is -0.239. The van der Waals surface area contributed by atoms with Gasteiger partial charge >= 0.3 is 0 Å². The molecule has 2 saturated heterocycles. The highest BCUT2D eigenvalue weighted by molar-refractivity contribution is 5.34. The van der Waals surface area contributed by atoms with Crippen molar-refractivity contribution in [2.24, 2.45) is 5.92 Å². The number of methoxy groups -OCH3 is 1. The first-order chi connectivity index (χ1) is 10.2. The van der Waals surface area contributed by atoms with Crippen LogP contribution in [-0.4, -0.2) is 25.9 Å². The van der Waals surface area contributed by atoms with Gasteiger partial charge in [-0.2, -0.15) is 0 Å². The summed E-state index contributed by atoms with van der Waals surface area (Å²) in [4.78, 5) is 0. The molecule has 3 nitrogen and oxygen atoms in total. The largest absolute Gasteiger partial charge is 0.494 e. The first-order valence-electron chi connectivity index (χ1n) is 7.95. The van der Waals surface area contributed by atoms with Crippen LogP contribution < -0.4 is 10.1 Å². The fourth-order valence-corrected chi connectivity index (χ4v) is 3.75. The molecule has 0 amide bonds. The van der Waals surface area contributed by atoms with E-state index in [1.807, 2.05) is 12.1 Å². The molecule has 4 unspecified atom stereocenters. The second-order valence-electron chi connectivity index (χ2n) is 6.07. The Hall–Kier alpha value is -1.13. The SMILES string of the molecule is CCCNC(c1cccc(OC)c1F)C1CC2CCC1O2. The van der Waals surface area contributed by atoms with E-state index in [1.54, 1.807) is 6.07 Å². The van der Waals surface area contributed by atoms with Gasteiger partial charge in [0.15, 0.2) is 11.6 Å². The lowest BCUT2D eigenvalue weighted by atomic mass is 9.80. The smallest absolute Gasteiger partial charge is 0.169 e. The fraction of sp³-hybridized carbons (Fsp3) is 0.647. The Morgan fingerprint density at radius 3 is 2.90 bits per heavy atom. The normalized spacial score (nSPS) is 28.8. The Balaban J connectivity index is 1.88. The van der Waals surface area contributed by atoms with E-state index < -0.39 is 0 Å². The van der Waals surface area contributed by atoms with Gasteiger partial charge in [0.1, 0.15) is 0 Å². The van der Waals surface area contributed by atoms with E-state index in [1.165, 1.54) is 7.11 Å².